The fourth-order valence-corrected chi connectivity index (χ4v) is 2.60. The molecular weight excluding hydrogens is 359 g/mol. The van der Waals surface area contributed by atoms with Gasteiger partial charge < -0.3 is 15.4 Å². The third-order valence-corrected chi connectivity index (χ3v) is 4.00. The molecule has 3 aromatic rings. The molecule has 7 heteroatoms. The van der Waals surface area contributed by atoms with E-state index < -0.39 is 0 Å². The summed E-state index contributed by atoms with van der Waals surface area (Å²) < 4.78 is 5.32. The number of nitrogens with one attached hydrogen (secondary N) is 2. The van der Waals surface area contributed by atoms with Crippen molar-refractivity contribution in [3.8, 4) is 5.75 Å². The van der Waals surface area contributed by atoms with E-state index in [1.54, 1.807) is 37.6 Å². The summed E-state index contributed by atoms with van der Waals surface area (Å²) >= 11 is 12.1. The molecule has 3 rings (SSSR count). The van der Waals surface area contributed by atoms with Gasteiger partial charge in [0.05, 0.1) is 12.8 Å². The van der Waals surface area contributed by atoms with Crippen molar-refractivity contribution in [2.24, 2.45) is 0 Å². The van der Waals surface area contributed by atoms with Crippen LogP contribution in [0.4, 0.5) is 23.1 Å². The molecule has 128 valence electrons. The maximum atomic E-state index is 6.06. The van der Waals surface area contributed by atoms with Gasteiger partial charge in [-0.3, -0.25) is 0 Å². The second-order valence-corrected chi connectivity index (χ2v) is 6.19. The highest BCUT2D eigenvalue weighted by Crippen LogP contribution is 2.30. The van der Waals surface area contributed by atoms with Crippen LogP contribution in [0.5, 0.6) is 5.75 Å². The first-order valence-electron chi connectivity index (χ1n) is 7.52. The molecule has 1 aromatic heterocycles. The van der Waals surface area contributed by atoms with Gasteiger partial charge in [0.2, 0.25) is 5.95 Å². The number of hydrogen-bond acceptors (Lipinski definition) is 5. The fourth-order valence-electron chi connectivity index (χ4n) is 2.25. The zero-order valence-electron chi connectivity index (χ0n) is 13.7. The minimum atomic E-state index is 0.422. The van der Waals surface area contributed by atoms with Gasteiger partial charge in [-0.1, -0.05) is 29.3 Å². The molecule has 0 amide bonds. The van der Waals surface area contributed by atoms with E-state index in [1.165, 1.54) is 0 Å². The molecule has 0 saturated heterocycles. The molecule has 0 saturated carbocycles. The number of halogens is 2. The first-order chi connectivity index (χ1) is 12.0. The molecule has 2 N–H and O–H groups in total. The SMILES string of the molecule is COc1ccc(Cl)cc1Nc1nccc(Nc2cc(Cl)ccc2C)n1. The minimum Gasteiger partial charge on any atom is -0.495 e. The average Bonchev–Trinajstić information content (AvgIpc) is 2.59. The van der Waals surface area contributed by atoms with Gasteiger partial charge in [-0.15, -0.1) is 0 Å². The zero-order valence-corrected chi connectivity index (χ0v) is 15.2. The van der Waals surface area contributed by atoms with Gasteiger partial charge in [0.15, 0.2) is 0 Å². The fraction of sp³-hybridized carbons (Fsp3) is 0.111. The van der Waals surface area contributed by atoms with Crippen LogP contribution < -0.4 is 15.4 Å². The minimum absolute atomic E-state index is 0.422. The van der Waals surface area contributed by atoms with Crippen LogP contribution in [0.1, 0.15) is 5.56 Å². The Morgan fingerprint density at radius 2 is 1.64 bits per heavy atom. The normalized spacial score (nSPS) is 10.4. The van der Waals surface area contributed by atoms with E-state index in [9.17, 15) is 0 Å². The number of methoxy groups -OCH3 is 1. The summed E-state index contributed by atoms with van der Waals surface area (Å²) in [7, 11) is 1.59. The smallest absolute Gasteiger partial charge is 0.229 e. The molecule has 0 fully saturated rings. The van der Waals surface area contributed by atoms with Crippen molar-refractivity contribution >= 4 is 46.3 Å². The second-order valence-electron chi connectivity index (χ2n) is 5.32. The topological polar surface area (TPSA) is 59.1 Å². The second kappa shape index (κ2) is 7.59. The predicted molar refractivity (Wildman–Crippen MR) is 103 cm³/mol. The Balaban J connectivity index is 1.85. The number of anilines is 4. The molecule has 0 radical (unpaired) electrons. The monoisotopic (exact) mass is 374 g/mol. The van der Waals surface area contributed by atoms with E-state index in [2.05, 4.69) is 20.6 Å². The van der Waals surface area contributed by atoms with Crippen LogP contribution in [0.15, 0.2) is 48.7 Å². The summed E-state index contributed by atoms with van der Waals surface area (Å²) in [5.41, 5.74) is 2.64. The van der Waals surface area contributed by atoms with Crippen molar-refractivity contribution in [1.82, 2.24) is 9.97 Å². The van der Waals surface area contributed by atoms with Gasteiger partial charge in [-0.05, 0) is 48.9 Å². The lowest BCUT2D eigenvalue weighted by Crippen LogP contribution is -2.02. The Labute approximate surface area is 156 Å². The molecule has 0 bridgehead atoms. The van der Waals surface area contributed by atoms with E-state index in [0.717, 1.165) is 11.3 Å². The van der Waals surface area contributed by atoms with E-state index in [4.69, 9.17) is 27.9 Å². The molecule has 0 aliphatic heterocycles. The van der Waals surface area contributed by atoms with Gasteiger partial charge in [-0.25, -0.2) is 4.98 Å². The lowest BCUT2D eigenvalue weighted by molar-refractivity contribution is 0.417. The van der Waals surface area contributed by atoms with Crippen molar-refractivity contribution in [3.63, 3.8) is 0 Å². The Morgan fingerprint density at radius 3 is 2.40 bits per heavy atom. The molecular formula is C18H16Cl2N4O. The maximum absolute atomic E-state index is 6.06. The summed E-state index contributed by atoms with van der Waals surface area (Å²) in [5.74, 6) is 1.71. The standard InChI is InChI=1S/C18H16Cl2N4O/c1-11-3-4-12(19)9-14(11)22-17-7-8-21-18(24-17)23-15-10-13(20)5-6-16(15)25-2/h3-10H,1-2H3,(H2,21,22,23,24). The van der Waals surface area contributed by atoms with Crippen molar-refractivity contribution in [1.29, 1.82) is 0 Å². The Kier molecular flexibility index (Phi) is 5.26. The number of nitrogens with zero attached hydrogens (tertiary/aromatic N) is 2. The Bertz CT molecular complexity index is 902. The van der Waals surface area contributed by atoms with Crippen LogP contribution in [0.2, 0.25) is 10.0 Å². The lowest BCUT2D eigenvalue weighted by atomic mass is 10.2. The van der Waals surface area contributed by atoms with Crippen LogP contribution in [-0.4, -0.2) is 17.1 Å². The highest BCUT2D eigenvalue weighted by Gasteiger charge is 2.07. The Morgan fingerprint density at radius 1 is 0.920 bits per heavy atom. The molecule has 0 atom stereocenters. The number of rotatable bonds is 5. The molecule has 25 heavy (non-hydrogen) atoms. The van der Waals surface area contributed by atoms with Crippen LogP contribution in [-0.2, 0) is 0 Å². The maximum Gasteiger partial charge on any atom is 0.229 e. The summed E-state index contributed by atoms with van der Waals surface area (Å²) in [5, 5.41) is 7.61. The van der Waals surface area contributed by atoms with E-state index >= 15 is 0 Å². The molecule has 0 spiro atoms. The van der Waals surface area contributed by atoms with Crippen molar-refractivity contribution in [2.45, 2.75) is 6.92 Å². The van der Waals surface area contributed by atoms with Crippen LogP contribution in [0, 0.1) is 6.92 Å². The third-order valence-electron chi connectivity index (χ3n) is 3.53. The first-order valence-corrected chi connectivity index (χ1v) is 8.27. The van der Waals surface area contributed by atoms with E-state index in [1.807, 2.05) is 25.1 Å². The summed E-state index contributed by atoms with van der Waals surface area (Å²) in [6, 6.07) is 12.7. The number of benzene rings is 2. The van der Waals surface area contributed by atoms with E-state index in [0.29, 0.717) is 33.2 Å². The number of aryl methyl sites for hydroxylation is 1. The number of ether oxygens (including phenoxy) is 1. The van der Waals surface area contributed by atoms with Gasteiger partial charge in [-0.2, -0.15) is 4.98 Å². The van der Waals surface area contributed by atoms with Crippen molar-refractivity contribution in [3.05, 3.63) is 64.3 Å². The van der Waals surface area contributed by atoms with E-state index in [-0.39, 0.29) is 0 Å². The number of aromatic nitrogens is 2. The summed E-state index contributed by atoms with van der Waals surface area (Å²) in [6.45, 7) is 2.00. The quantitative estimate of drug-likeness (QED) is 0.609. The average molecular weight is 375 g/mol. The summed E-state index contributed by atoms with van der Waals surface area (Å²) in [4.78, 5) is 8.70. The van der Waals surface area contributed by atoms with Crippen molar-refractivity contribution < 1.29 is 4.74 Å². The molecule has 5 nitrogen and oxygen atoms in total. The number of hydrogen-bond donors (Lipinski definition) is 2. The van der Waals surface area contributed by atoms with Crippen LogP contribution in [0.3, 0.4) is 0 Å². The molecule has 0 aliphatic rings. The lowest BCUT2D eigenvalue weighted by Gasteiger charge is -2.12. The van der Waals surface area contributed by atoms with Gasteiger partial charge in [0, 0.05) is 21.9 Å². The zero-order chi connectivity index (χ0) is 17.8. The highest BCUT2D eigenvalue weighted by molar-refractivity contribution is 6.31. The van der Waals surface area contributed by atoms with Gasteiger partial charge in [0.25, 0.3) is 0 Å². The largest absolute Gasteiger partial charge is 0.495 e. The molecule has 1 heterocycles. The molecule has 0 aliphatic carbocycles. The van der Waals surface area contributed by atoms with Crippen molar-refractivity contribution in [2.75, 3.05) is 17.7 Å². The molecule has 2 aromatic carbocycles. The molecule has 0 unspecified atom stereocenters. The van der Waals surface area contributed by atoms with Gasteiger partial charge in [0.1, 0.15) is 11.6 Å². The highest BCUT2D eigenvalue weighted by atomic mass is 35.5. The predicted octanol–water partition coefficient (Wildman–Crippen LogP) is 5.59. The first kappa shape index (κ1) is 17.3. The summed E-state index contributed by atoms with van der Waals surface area (Å²) in [6.07, 6.45) is 1.66. The van der Waals surface area contributed by atoms with Crippen LogP contribution in [0.25, 0.3) is 0 Å². The van der Waals surface area contributed by atoms with Crippen LogP contribution >= 0.6 is 23.2 Å². The Hall–Kier alpha value is -2.50. The third kappa shape index (κ3) is 4.32. The van der Waals surface area contributed by atoms with Gasteiger partial charge >= 0.3 is 0 Å².